The van der Waals surface area contributed by atoms with E-state index in [1.54, 1.807) is 42.1 Å². The second-order valence-corrected chi connectivity index (χ2v) is 10.9. The summed E-state index contributed by atoms with van der Waals surface area (Å²) in [5.74, 6) is 0.356. The Hall–Kier alpha value is -3.42. The molecule has 4 rings (SSSR count). The smallest absolute Gasteiger partial charge is 0.270 e. The number of thiocarbonyl (C=S) groups is 1. The first-order valence-corrected chi connectivity index (χ1v) is 12.0. The Balaban J connectivity index is 1.62. The lowest BCUT2D eigenvalue weighted by molar-refractivity contribution is -0.122. The normalized spacial score (nSPS) is 15.4. The first-order valence-electron chi connectivity index (χ1n) is 10.7. The van der Waals surface area contributed by atoms with Gasteiger partial charge in [-0.3, -0.25) is 19.8 Å². The Labute approximate surface area is 208 Å². The van der Waals surface area contributed by atoms with Crippen molar-refractivity contribution in [2.24, 2.45) is 0 Å². The maximum Gasteiger partial charge on any atom is 0.270 e. The molecular weight excluding hydrogens is 464 g/mol. The van der Waals surface area contributed by atoms with Gasteiger partial charge in [-0.1, -0.05) is 57.2 Å². The van der Waals surface area contributed by atoms with Gasteiger partial charge in [-0.25, -0.2) is 0 Å². The fourth-order valence-electron chi connectivity index (χ4n) is 3.36. The predicted octanol–water partition coefficient (Wildman–Crippen LogP) is 6.20. The summed E-state index contributed by atoms with van der Waals surface area (Å²) in [4.78, 5) is 28.4. The molecule has 1 N–H and O–H groups in total. The monoisotopic (exact) mass is 488 g/mol. The molecule has 1 aliphatic heterocycles. The second-order valence-electron chi connectivity index (χ2n) is 8.62. The van der Waals surface area contributed by atoms with Crippen LogP contribution in [0.4, 0.5) is 5.69 Å². The number of para-hydroxylation sites is 1. The fourth-order valence-corrected chi connectivity index (χ4v) is 4.69. The number of benzene rings is 3. The summed E-state index contributed by atoms with van der Waals surface area (Å²) in [6.45, 7) is 6.35. The summed E-state index contributed by atoms with van der Waals surface area (Å²) in [6.07, 6.45) is 1.63. The quantitative estimate of drug-likeness (QED) is 0.201. The Bertz CT molecular complexity index is 1260. The molecule has 1 heterocycles. The van der Waals surface area contributed by atoms with Gasteiger partial charge < -0.3 is 4.74 Å². The summed E-state index contributed by atoms with van der Waals surface area (Å²) < 4.78 is 5.80. The number of rotatable bonds is 5. The van der Waals surface area contributed by atoms with Crippen LogP contribution in [0.25, 0.3) is 6.08 Å². The van der Waals surface area contributed by atoms with Crippen molar-refractivity contribution in [1.29, 1.82) is 0 Å². The molecule has 0 atom stereocenters. The van der Waals surface area contributed by atoms with Crippen LogP contribution in [0.2, 0.25) is 0 Å². The maximum absolute atomic E-state index is 13.4. The molecule has 0 spiro atoms. The molecule has 1 saturated heterocycles. The molecule has 1 aliphatic rings. The van der Waals surface area contributed by atoms with Gasteiger partial charge in [0.2, 0.25) is 0 Å². The molecule has 0 radical (unpaired) electrons. The van der Waals surface area contributed by atoms with Crippen molar-refractivity contribution >= 4 is 52.7 Å². The molecule has 7 heteroatoms. The van der Waals surface area contributed by atoms with Crippen LogP contribution in [0.15, 0.2) is 89.3 Å². The minimum atomic E-state index is -0.508. The molecule has 3 aromatic rings. The van der Waals surface area contributed by atoms with Crippen LogP contribution in [-0.4, -0.2) is 21.7 Å². The van der Waals surface area contributed by atoms with Gasteiger partial charge in [0.25, 0.3) is 11.8 Å². The van der Waals surface area contributed by atoms with E-state index in [1.807, 2.05) is 54.6 Å². The van der Waals surface area contributed by atoms with Crippen molar-refractivity contribution in [3.8, 4) is 11.5 Å². The second kappa shape index (κ2) is 9.83. The van der Waals surface area contributed by atoms with Crippen LogP contribution in [0.5, 0.6) is 11.5 Å². The lowest BCUT2D eigenvalue weighted by Crippen LogP contribution is -2.54. The van der Waals surface area contributed by atoms with E-state index >= 15 is 0 Å². The number of carbonyl (C=O) groups is 2. The molecule has 0 unspecified atom stereocenters. The minimum Gasteiger partial charge on any atom is -0.457 e. The number of anilines is 1. The van der Waals surface area contributed by atoms with Crippen molar-refractivity contribution in [2.45, 2.75) is 30.4 Å². The lowest BCUT2D eigenvalue weighted by atomic mass is 10.1. The number of hydrogen-bond acceptors (Lipinski definition) is 5. The van der Waals surface area contributed by atoms with E-state index in [2.05, 4.69) is 26.1 Å². The van der Waals surface area contributed by atoms with E-state index in [4.69, 9.17) is 17.0 Å². The summed E-state index contributed by atoms with van der Waals surface area (Å²) in [6, 6.07) is 24.1. The molecule has 3 aromatic carbocycles. The van der Waals surface area contributed by atoms with Crippen molar-refractivity contribution in [1.82, 2.24) is 5.32 Å². The topological polar surface area (TPSA) is 58.6 Å². The van der Waals surface area contributed by atoms with Gasteiger partial charge in [0.1, 0.15) is 17.1 Å². The standard InChI is InChI=1S/C27H24N2O3S2/c1-27(2,3)34-23-12-8-7-9-18(23)17-22-24(30)28-26(33)29(25(22)31)19-13-15-21(16-14-19)32-20-10-5-4-6-11-20/h4-17H,1-3H3,(H,28,30,33)/b22-17-. The highest BCUT2D eigenvalue weighted by molar-refractivity contribution is 8.00. The van der Waals surface area contributed by atoms with Crippen molar-refractivity contribution in [3.63, 3.8) is 0 Å². The van der Waals surface area contributed by atoms with Gasteiger partial charge in [-0.05, 0) is 66.3 Å². The van der Waals surface area contributed by atoms with Gasteiger partial charge in [0.05, 0.1) is 5.69 Å². The number of thioether (sulfide) groups is 1. The van der Waals surface area contributed by atoms with Gasteiger partial charge in [0, 0.05) is 9.64 Å². The summed E-state index contributed by atoms with van der Waals surface area (Å²) in [7, 11) is 0. The molecular formula is C27H24N2O3S2. The Morgan fingerprint density at radius 1 is 0.882 bits per heavy atom. The number of nitrogens with one attached hydrogen (secondary N) is 1. The third-order valence-electron chi connectivity index (χ3n) is 4.81. The third-order valence-corrected chi connectivity index (χ3v) is 6.30. The zero-order valence-electron chi connectivity index (χ0n) is 19.1. The molecule has 0 aromatic heterocycles. The molecule has 5 nitrogen and oxygen atoms in total. The van der Waals surface area contributed by atoms with E-state index in [0.717, 1.165) is 10.5 Å². The Morgan fingerprint density at radius 2 is 1.50 bits per heavy atom. The van der Waals surface area contributed by atoms with Crippen LogP contribution < -0.4 is 15.0 Å². The van der Waals surface area contributed by atoms with Crippen LogP contribution in [0.1, 0.15) is 26.3 Å². The van der Waals surface area contributed by atoms with Gasteiger partial charge in [-0.2, -0.15) is 0 Å². The molecule has 0 aliphatic carbocycles. The minimum absolute atomic E-state index is 0.0232. The average molecular weight is 489 g/mol. The van der Waals surface area contributed by atoms with Crippen LogP contribution in [0.3, 0.4) is 0 Å². The zero-order chi connectivity index (χ0) is 24.3. The van der Waals surface area contributed by atoms with Crippen LogP contribution >= 0.6 is 24.0 Å². The van der Waals surface area contributed by atoms with E-state index in [9.17, 15) is 9.59 Å². The maximum atomic E-state index is 13.4. The number of carbonyl (C=O) groups excluding carboxylic acids is 2. The van der Waals surface area contributed by atoms with E-state index < -0.39 is 11.8 Å². The molecule has 2 amide bonds. The molecule has 1 fully saturated rings. The first kappa shape index (κ1) is 23.7. The number of hydrogen-bond donors (Lipinski definition) is 1. The van der Waals surface area contributed by atoms with Crippen molar-refractivity contribution in [2.75, 3.05) is 4.90 Å². The average Bonchev–Trinajstić information content (AvgIpc) is 2.78. The van der Waals surface area contributed by atoms with Gasteiger partial charge in [-0.15, -0.1) is 11.8 Å². The van der Waals surface area contributed by atoms with E-state index in [-0.39, 0.29) is 15.4 Å². The summed E-state index contributed by atoms with van der Waals surface area (Å²) >= 11 is 7.00. The van der Waals surface area contributed by atoms with Crippen LogP contribution in [0, 0.1) is 0 Å². The van der Waals surface area contributed by atoms with Crippen molar-refractivity contribution < 1.29 is 14.3 Å². The van der Waals surface area contributed by atoms with Crippen LogP contribution in [-0.2, 0) is 9.59 Å². The largest absolute Gasteiger partial charge is 0.457 e. The SMILES string of the molecule is CC(C)(C)Sc1ccccc1/C=C1/C(=O)NC(=S)N(c2ccc(Oc3ccccc3)cc2)C1=O. The van der Waals surface area contributed by atoms with Gasteiger partial charge in [0.15, 0.2) is 5.11 Å². The molecule has 0 saturated carbocycles. The highest BCUT2D eigenvalue weighted by atomic mass is 32.2. The van der Waals surface area contributed by atoms with Crippen molar-refractivity contribution in [3.05, 3.63) is 90.0 Å². The Kier molecular flexibility index (Phi) is 6.86. The van der Waals surface area contributed by atoms with E-state index in [0.29, 0.717) is 17.2 Å². The summed E-state index contributed by atoms with van der Waals surface area (Å²) in [5.41, 5.74) is 1.37. The molecule has 0 bridgehead atoms. The fraction of sp³-hybridized carbons (Fsp3) is 0.148. The summed E-state index contributed by atoms with van der Waals surface area (Å²) in [5, 5.41) is 2.68. The number of nitrogens with zero attached hydrogens (tertiary/aromatic N) is 1. The molecule has 172 valence electrons. The lowest BCUT2D eigenvalue weighted by Gasteiger charge is -2.29. The van der Waals surface area contributed by atoms with Gasteiger partial charge >= 0.3 is 0 Å². The first-order chi connectivity index (χ1) is 16.2. The number of amides is 2. The zero-order valence-corrected chi connectivity index (χ0v) is 20.7. The Morgan fingerprint density at radius 3 is 2.18 bits per heavy atom. The highest BCUT2D eigenvalue weighted by Crippen LogP contribution is 2.35. The third kappa shape index (κ3) is 5.55. The highest BCUT2D eigenvalue weighted by Gasteiger charge is 2.34. The molecule has 34 heavy (non-hydrogen) atoms. The number of ether oxygens (including phenoxy) is 1. The predicted molar refractivity (Wildman–Crippen MR) is 141 cm³/mol. The van der Waals surface area contributed by atoms with E-state index in [1.165, 1.54) is 4.90 Å².